The number of fused-ring (bicyclic) bond motifs is 1. The summed E-state index contributed by atoms with van der Waals surface area (Å²) in [6, 6.07) is 5.21. The van der Waals surface area contributed by atoms with E-state index in [2.05, 4.69) is 38.7 Å². The first-order chi connectivity index (χ1) is 8.58. The van der Waals surface area contributed by atoms with Crippen LogP contribution in [0.15, 0.2) is 43.2 Å². The summed E-state index contributed by atoms with van der Waals surface area (Å²) in [6.07, 6.45) is 2.65. The molecule has 0 amide bonds. The highest BCUT2D eigenvalue weighted by molar-refractivity contribution is 9.10. The fraction of sp³-hybridized carbons (Fsp3) is 0. The Morgan fingerprint density at radius 1 is 1.56 bits per heavy atom. The van der Waals surface area contributed by atoms with Crippen LogP contribution in [0, 0.1) is 0 Å². The van der Waals surface area contributed by atoms with E-state index in [1.54, 1.807) is 18.2 Å². The van der Waals surface area contributed by atoms with Gasteiger partial charge in [-0.05, 0) is 30.4 Å². The number of hydrogen-bond acceptors (Lipinski definition) is 4. The van der Waals surface area contributed by atoms with E-state index >= 15 is 0 Å². The zero-order valence-electron chi connectivity index (χ0n) is 9.01. The number of benzene rings is 1. The summed E-state index contributed by atoms with van der Waals surface area (Å²) in [5, 5.41) is 4.22. The van der Waals surface area contributed by atoms with E-state index in [1.165, 1.54) is 12.5 Å². The van der Waals surface area contributed by atoms with E-state index in [-0.39, 0.29) is 10.5 Å². The van der Waals surface area contributed by atoms with Crippen LogP contribution in [0.25, 0.3) is 11.0 Å². The van der Waals surface area contributed by atoms with Crippen molar-refractivity contribution in [1.82, 2.24) is 5.43 Å². The summed E-state index contributed by atoms with van der Waals surface area (Å²) in [6.45, 7) is 0. The molecule has 18 heavy (non-hydrogen) atoms. The minimum Gasteiger partial charge on any atom is -0.463 e. The molecule has 3 N–H and O–H groups in total. The van der Waals surface area contributed by atoms with E-state index in [1.807, 2.05) is 0 Å². The molecule has 0 atom stereocenters. The Bertz CT molecular complexity index is 696. The van der Waals surface area contributed by atoms with Gasteiger partial charge in [0.2, 0.25) is 5.43 Å². The highest BCUT2D eigenvalue weighted by Gasteiger charge is 2.05. The zero-order chi connectivity index (χ0) is 13.1. The minimum atomic E-state index is -0.175. The van der Waals surface area contributed by atoms with Crippen molar-refractivity contribution in [3.05, 3.63) is 44.7 Å². The molecular weight excluding hydrogens is 318 g/mol. The fourth-order valence-corrected chi connectivity index (χ4v) is 1.79. The molecule has 2 aromatic rings. The fourth-order valence-electron chi connectivity index (χ4n) is 1.37. The maximum atomic E-state index is 12.1. The molecule has 1 aromatic heterocycles. The molecule has 92 valence electrons. The van der Waals surface area contributed by atoms with Crippen LogP contribution < -0.4 is 16.6 Å². The van der Waals surface area contributed by atoms with Gasteiger partial charge in [0.15, 0.2) is 5.11 Å². The molecule has 0 aliphatic carbocycles. The van der Waals surface area contributed by atoms with Gasteiger partial charge in [-0.2, -0.15) is 5.10 Å². The van der Waals surface area contributed by atoms with Crippen molar-refractivity contribution >= 4 is 50.4 Å². The predicted molar refractivity (Wildman–Crippen MR) is 77.7 cm³/mol. The Hall–Kier alpha value is -1.73. The van der Waals surface area contributed by atoms with Crippen molar-refractivity contribution in [2.75, 3.05) is 0 Å². The molecule has 0 saturated carbocycles. The minimum absolute atomic E-state index is 0.0270. The molecule has 0 spiro atoms. The van der Waals surface area contributed by atoms with Crippen molar-refractivity contribution < 1.29 is 4.42 Å². The summed E-state index contributed by atoms with van der Waals surface area (Å²) in [5.41, 5.74) is 8.22. The molecule has 7 heteroatoms. The SMILES string of the molecule is NC(=S)N/N=C/c1coc2ccc(Br)cc2c1=O. The van der Waals surface area contributed by atoms with Gasteiger partial charge in [0, 0.05) is 4.47 Å². The highest BCUT2D eigenvalue weighted by atomic mass is 79.9. The van der Waals surface area contributed by atoms with Gasteiger partial charge in [0.1, 0.15) is 11.8 Å². The largest absolute Gasteiger partial charge is 0.463 e. The molecule has 1 aromatic carbocycles. The van der Waals surface area contributed by atoms with Crippen LogP contribution >= 0.6 is 28.1 Å². The Morgan fingerprint density at radius 2 is 2.33 bits per heavy atom. The van der Waals surface area contributed by atoms with E-state index < -0.39 is 0 Å². The van der Waals surface area contributed by atoms with E-state index in [4.69, 9.17) is 10.2 Å². The number of rotatable bonds is 2. The number of hydrogen-bond donors (Lipinski definition) is 2. The summed E-state index contributed by atoms with van der Waals surface area (Å²) in [5.74, 6) is 0. The van der Waals surface area contributed by atoms with Crippen LogP contribution in [0.2, 0.25) is 0 Å². The Balaban J connectivity index is 2.47. The topological polar surface area (TPSA) is 80.6 Å². The molecule has 0 radical (unpaired) electrons. The standard InChI is InChI=1S/C11H8BrN3O2S/c12-7-1-2-9-8(3-7)10(16)6(5-17-9)4-14-15-11(13)18/h1-5H,(H3,13,15,18)/b14-4+. The average molecular weight is 326 g/mol. The van der Waals surface area contributed by atoms with Crippen LogP contribution in [0.1, 0.15) is 5.56 Å². The van der Waals surface area contributed by atoms with Gasteiger partial charge < -0.3 is 10.2 Å². The van der Waals surface area contributed by atoms with Gasteiger partial charge in [-0.1, -0.05) is 15.9 Å². The van der Waals surface area contributed by atoms with Gasteiger partial charge >= 0.3 is 0 Å². The van der Waals surface area contributed by atoms with E-state index in [0.29, 0.717) is 16.5 Å². The van der Waals surface area contributed by atoms with Crippen molar-refractivity contribution in [2.45, 2.75) is 0 Å². The molecule has 0 saturated heterocycles. The van der Waals surface area contributed by atoms with Crippen molar-refractivity contribution in [3.63, 3.8) is 0 Å². The third-order valence-electron chi connectivity index (χ3n) is 2.14. The van der Waals surface area contributed by atoms with Gasteiger partial charge in [0.05, 0.1) is 17.2 Å². The first kappa shape index (κ1) is 12.7. The van der Waals surface area contributed by atoms with Gasteiger partial charge in [0.25, 0.3) is 0 Å². The second kappa shape index (κ2) is 5.28. The number of halogens is 1. The van der Waals surface area contributed by atoms with Gasteiger partial charge in [-0.25, -0.2) is 0 Å². The molecule has 0 aliphatic rings. The Morgan fingerprint density at radius 3 is 3.06 bits per heavy atom. The smallest absolute Gasteiger partial charge is 0.201 e. The number of hydrazone groups is 1. The summed E-state index contributed by atoms with van der Waals surface area (Å²) in [4.78, 5) is 12.1. The molecule has 0 aliphatic heterocycles. The third kappa shape index (κ3) is 2.74. The number of nitrogens with two attached hydrogens (primary N) is 1. The Labute approximate surface area is 116 Å². The van der Waals surface area contributed by atoms with Crippen LogP contribution in [0.4, 0.5) is 0 Å². The van der Waals surface area contributed by atoms with Crippen molar-refractivity contribution in [2.24, 2.45) is 10.8 Å². The second-order valence-electron chi connectivity index (χ2n) is 3.39. The lowest BCUT2D eigenvalue weighted by molar-refractivity contribution is 0.601. The number of nitrogens with zero attached hydrogens (tertiary/aromatic N) is 1. The van der Waals surface area contributed by atoms with Crippen LogP contribution in [-0.2, 0) is 0 Å². The normalized spacial score (nSPS) is 10.9. The lowest BCUT2D eigenvalue weighted by Crippen LogP contribution is -2.24. The summed E-state index contributed by atoms with van der Waals surface area (Å²) in [7, 11) is 0. The zero-order valence-corrected chi connectivity index (χ0v) is 11.4. The molecular formula is C11H8BrN3O2S. The monoisotopic (exact) mass is 325 g/mol. The van der Waals surface area contributed by atoms with E-state index in [9.17, 15) is 4.79 Å². The summed E-state index contributed by atoms with van der Waals surface area (Å²) < 4.78 is 6.14. The lowest BCUT2D eigenvalue weighted by atomic mass is 10.2. The molecule has 5 nitrogen and oxygen atoms in total. The van der Waals surface area contributed by atoms with Crippen LogP contribution in [0.3, 0.4) is 0 Å². The molecule has 0 bridgehead atoms. The quantitative estimate of drug-likeness (QED) is 0.499. The maximum absolute atomic E-state index is 12.1. The predicted octanol–water partition coefficient (Wildman–Crippen LogP) is 1.72. The van der Waals surface area contributed by atoms with Crippen molar-refractivity contribution in [1.29, 1.82) is 0 Å². The van der Waals surface area contributed by atoms with Crippen molar-refractivity contribution in [3.8, 4) is 0 Å². The highest BCUT2D eigenvalue weighted by Crippen LogP contribution is 2.17. The second-order valence-corrected chi connectivity index (χ2v) is 4.75. The Kier molecular flexibility index (Phi) is 3.73. The lowest BCUT2D eigenvalue weighted by Gasteiger charge is -1.99. The number of thiocarbonyl (C=S) groups is 1. The molecule has 0 unspecified atom stereocenters. The van der Waals surface area contributed by atoms with Gasteiger partial charge in [-0.15, -0.1) is 0 Å². The molecule has 0 fully saturated rings. The first-order valence-corrected chi connectivity index (χ1v) is 6.07. The average Bonchev–Trinajstić information content (AvgIpc) is 2.32. The third-order valence-corrected chi connectivity index (χ3v) is 2.72. The van der Waals surface area contributed by atoms with E-state index in [0.717, 1.165) is 4.47 Å². The van der Waals surface area contributed by atoms with Gasteiger partial charge in [-0.3, -0.25) is 10.2 Å². The summed E-state index contributed by atoms with van der Waals surface area (Å²) >= 11 is 7.89. The first-order valence-electron chi connectivity index (χ1n) is 4.87. The van der Waals surface area contributed by atoms with Crippen LogP contribution in [0.5, 0.6) is 0 Å². The molecule has 2 rings (SSSR count). The molecule has 1 heterocycles. The number of nitrogens with one attached hydrogen (secondary N) is 1. The maximum Gasteiger partial charge on any atom is 0.201 e. The van der Waals surface area contributed by atoms with Crippen LogP contribution in [-0.4, -0.2) is 11.3 Å².